The standard InChI is InChI=1S/C13H22N2O3S/c1-14-9-6-13(12(14)16)5-2-8-15(10-7-13)19(17,18)11-3-4-11/h11H,2-10H2,1H3. The first-order valence-electron chi connectivity index (χ1n) is 7.20. The van der Waals surface area contributed by atoms with Crippen molar-refractivity contribution in [1.29, 1.82) is 0 Å². The Labute approximate surface area is 115 Å². The van der Waals surface area contributed by atoms with Crippen molar-refractivity contribution in [3.8, 4) is 0 Å². The zero-order valence-corrected chi connectivity index (χ0v) is 12.3. The monoisotopic (exact) mass is 286 g/mol. The van der Waals surface area contributed by atoms with Crippen molar-refractivity contribution in [1.82, 2.24) is 9.21 Å². The Morgan fingerprint density at radius 2 is 1.79 bits per heavy atom. The lowest BCUT2D eigenvalue weighted by Gasteiger charge is -2.25. The van der Waals surface area contributed by atoms with E-state index in [9.17, 15) is 13.2 Å². The molecule has 2 aliphatic heterocycles. The van der Waals surface area contributed by atoms with E-state index in [0.717, 1.165) is 38.6 Å². The summed E-state index contributed by atoms with van der Waals surface area (Å²) in [6.07, 6.45) is 4.86. The van der Waals surface area contributed by atoms with E-state index in [1.807, 2.05) is 7.05 Å². The molecule has 2 heterocycles. The molecule has 0 N–H and O–H groups in total. The Bertz CT molecular complexity index is 486. The first-order valence-corrected chi connectivity index (χ1v) is 8.71. The van der Waals surface area contributed by atoms with Crippen LogP contribution in [0, 0.1) is 5.41 Å². The molecule has 0 aromatic heterocycles. The predicted molar refractivity (Wildman–Crippen MR) is 72.1 cm³/mol. The first-order chi connectivity index (χ1) is 8.96. The summed E-state index contributed by atoms with van der Waals surface area (Å²) in [5, 5.41) is -0.136. The summed E-state index contributed by atoms with van der Waals surface area (Å²) < 4.78 is 26.2. The molecule has 108 valence electrons. The van der Waals surface area contributed by atoms with E-state index in [4.69, 9.17) is 0 Å². The van der Waals surface area contributed by atoms with Crippen LogP contribution in [0.15, 0.2) is 0 Å². The highest BCUT2D eigenvalue weighted by atomic mass is 32.2. The van der Waals surface area contributed by atoms with E-state index in [-0.39, 0.29) is 16.6 Å². The molecule has 2 saturated heterocycles. The van der Waals surface area contributed by atoms with Crippen molar-refractivity contribution in [2.45, 2.75) is 43.8 Å². The number of rotatable bonds is 2. The molecule has 1 aliphatic carbocycles. The van der Waals surface area contributed by atoms with Gasteiger partial charge in [-0.15, -0.1) is 0 Å². The van der Waals surface area contributed by atoms with Crippen molar-refractivity contribution in [2.24, 2.45) is 5.41 Å². The maximum Gasteiger partial charge on any atom is 0.228 e. The Morgan fingerprint density at radius 3 is 2.37 bits per heavy atom. The smallest absolute Gasteiger partial charge is 0.228 e. The number of hydrogen-bond donors (Lipinski definition) is 0. The number of likely N-dealkylation sites (tertiary alicyclic amines) is 1. The van der Waals surface area contributed by atoms with Crippen LogP contribution in [-0.2, 0) is 14.8 Å². The number of carbonyl (C=O) groups is 1. The first kappa shape index (κ1) is 13.4. The fourth-order valence-corrected chi connectivity index (χ4v) is 5.34. The summed E-state index contributed by atoms with van der Waals surface area (Å²) >= 11 is 0. The SMILES string of the molecule is CN1CCC2(CCCN(S(=O)(=O)C3CC3)CC2)C1=O. The topological polar surface area (TPSA) is 57.7 Å². The van der Waals surface area contributed by atoms with Crippen LogP contribution in [0.4, 0.5) is 0 Å². The molecule has 5 nitrogen and oxygen atoms in total. The average Bonchev–Trinajstić information content (AvgIpc) is 3.18. The van der Waals surface area contributed by atoms with Gasteiger partial charge in [-0.25, -0.2) is 12.7 Å². The van der Waals surface area contributed by atoms with E-state index in [1.165, 1.54) is 0 Å². The van der Waals surface area contributed by atoms with Gasteiger partial charge in [0.1, 0.15) is 0 Å². The van der Waals surface area contributed by atoms with Gasteiger partial charge in [0.2, 0.25) is 15.9 Å². The van der Waals surface area contributed by atoms with Crippen molar-refractivity contribution in [2.75, 3.05) is 26.7 Å². The van der Waals surface area contributed by atoms with E-state index in [2.05, 4.69) is 0 Å². The summed E-state index contributed by atoms with van der Waals surface area (Å²) in [5.74, 6) is 0.221. The van der Waals surface area contributed by atoms with Crippen molar-refractivity contribution < 1.29 is 13.2 Å². The third-order valence-electron chi connectivity index (χ3n) is 4.93. The summed E-state index contributed by atoms with van der Waals surface area (Å²) in [5.41, 5.74) is -0.275. The van der Waals surface area contributed by atoms with E-state index < -0.39 is 10.0 Å². The maximum absolute atomic E-state index is 12.3. The van der Waals surface area contributed by atoms with Crippen LogP contribution in [0.2, 0.25) is 0 Å². The van der Waals surface area contributed by atoms with Gasteiger partial charge in [-0.05, 0) is 38.5 Å². The molecule has 1 atom stereocenters. The highest BCUT2D eigenvalue weighted by Crippen LogP contribution is 2.42. The van der Waals surface area contributed by atoms with Gasteiger partial charge in [0.25, 0.3) is 0 Å². The highest BCUT2D eigenvalue weighted by molar-refractivity contribution is 7.90. The van der Waals surface area contributed by atoms with E-state index in [0.29, 0.717) is 19.5 Å². The van der Waals surface area contributed by atoms with E-state index in [1.54, 1.807) is 9.21 Å². The molecule has 19 heavy (non-hydrogen) atoms. The fraction of sp³-hybridized carbons (Fsp3) is 0.923. The molecular weight excluding hydrogens is 264 g/mol. The van der Waals surface area contributed by atoms with Crippen molar-refractivity contribution >= 4 is 15.9 Å². The molecular formula is C13H22N2O3S. The van der Waals surface area contributed by atoms with Gasteiger partial charge in [0.05, 0.1) is 10.7 Å². The average molecular weight is 286 g/mol. The molecule has 0 bridgehead atoms. The van der Waals surface area contributed by atoms with Crippen LogP contribution in [0.1, 0.15) is 38.5 Å². The van der Waals surface area contributed by atoms with Crippen molar-refractivity contribution in [3.63, 3.8) is 0 Å². The Kier molecular flexibility index (Phi) is 3.13. The molecule has 1 amide bonds. The minimum absolute atomic E-state index is 0.136. The fourth-order valence-electron chi connectivity index (χ4n) is 3.46. The van der Waals surface area contributed by atoms with E-state index >= 15 is 0 Å². The normalized spacial score (nSPS) is 33.9. The van der Waals surface area contributed by atoms with Crippen LogP contribution < -0.4 is 0 Å². The highest BCUT2D eigenvalue weighted by Gasteiger charge is 2.48. The van der Waals surface area contributed by atoms with Crippen LogP contribution in [-0.4, -0.2) is 55.5 Å². The number of carbonyl (C=O) groups excluding carboxylic acids is 1. The van der Waals surface area contributed by atoms with Crippen LogP contribution in [0.5, 0.6) is 0 Å². The molecule has 3 fully saturated rings. The molecule has 0 aromatic carbocycles. The molecule has 3 aliphatic rings. The minimum atomic E-state index is -3.08. The zero-order chi connectivity index (χ0) is 13.7. The second-order valence-electron chi connectivity index (χ2n) is 6.25. The molecule has 1 spiro atoms. The largest absolute Gasteiger partial charge is 0.345 e. The number of nitrogens with zero attached hydrogens (tertiary/aromatic N) is 2. The molecule has 6 heteroatoms. The second kappa shape index (κ2) is 4.45. The van der Waals surface area contributed by atoms with Crippen LogP contribution in [0.25, 0.3) is 0 Å². The second-order valence-corrected chi connectivity index (χ2v) is 8.47. The Morgan fingerprint density at radius 1 is 1.11 bits per heavy atom. The molecule has 1 saturated carbocycles. The Balaban J connectivity index is 1.74. The lowest BCUT2D eigenvalue weighted by Crippen LogP contribution is -2.36. The van der Waals surface area contributed by atoms with Gasteiger partial charge in [-0.2, -0.15) is 0 Å². The van der Waals surface area contributed by atoms with Crippen LogP contribution >= 0.6 is 0 Å². The minimum Gasteiger partial charge on any atom is -0.345 e. The van der Waals surface area contributed by atoms with Gasteiger partial charge in [-0.1, -0.05) is 0 Å². The quantitative estimate of drug-likeness (QED) is 0.755. The van der Waals surface area contributed by atoms with Gasteiger partial charge >= 0.3 is 0 Å². The van der Waals surface area contributed by atoms with Crippen LogP contribution in [0.3, 0.4) is 0 Å². The summed E-state index contributed by atoms with van der Waals surface area (Å²) in [7, 11) is -1.23. The third kappa shape index (κ3) is 2.18. The molecule has 3 rings (SSSR count). The predicted octanol–water partition coefficient (Wildman–Crippen LogP) is 0.813. The number of hydrogen-bond acceptors (Lipinski definition) is 3. The van der Waals surface area contributed by atoms with Crippen molar-refractivity contribution in [3.05, 3.63) is 0 Å². The third-order valence-corrected chi connectivity index (χ3v) is 7.33. The summed E-state index contributed by atoms with van der Waals surface area (Å²) in [4.78, 5) is 14.1. The number of amides is 1. The van der Waals surface area contributed by atoms with Gasteiger partial charge in [-0.3, -0.25) is 4.79 Å². The summed E-state index contributed by atoms with van der Waals surface area (Å²) in [6.45, 7) is 1.93. The lowest BCUT2D eigenvalue weighted by atomic mass is 9.79. The number of sulfonamides is 1. The molecule has 1 unspecified atom stereocenters. The van der Waals surface area contributed by atoms with Gasteiger partial charge in [0.15, 0.2) is 0 Å². The summed E-state index contributed by atoms with van der Waals surface area (Å²) in [6, 6.07) is 0. The van der Waals surface area contributed by atoms with Gasteiger partial charge in [0, 0.05) is 26.7 Å². The maximum atomic E-state index is 12.3. The molecule has 0 radical (unpaired) electrons. The zero-order valence-electron chi connectivity index (χ0n) is 11.5. The molecule has 0 aromatic rings. The lowest BCUT2D eigenvalue weighted by molar-refractivity contribution is -0.135. The Hall–Kier alpha value is -0.620. The van der Waals surface area contributed by atoms with Gasteiger partial charge < -0.3 is 4.90 Å².